The van der Waals surface area contributed by atoms with E-state index < -0.39 is 0 Å². The molecule has 71 valence electrons. The molecular formula is C10H6FO3. The van der Waals surface area contributed by atoms with Gasteiger partial charge in [-0.05, 0) is 24.3 Å². The van der Waals surface area contributed by atoms with E-state index in [-0.39, 0.29) is 12.4 Å². The summed E-state index contributed by atoms with van der Waals surface area (Å²) in [6.07, 6.45) is 0. The van der Waals surface area contributed by atoms with Crippen LogP contribution in [0.2, 0.25) is 0 Å². The van der Waals surface area contributed by atoms with Gasteiger partial charge in [-0.15, -0.1) is 0 Å². The molecule has 0 saturated heterocycles. The second-order valence-corrected chi connectivity index (χ2v) is 2.77. The molecule has 0 N–H and O–H groups in total. The van der Waals surface area contributed by atoms with E-state index >= 15 is 0 Å². The summed E-state index contributed by atoms with van der Waals surface area (Å²) in [4.78, 5) is 9.80. The van der Waals surface area contributed by atoms with Crippen LogP contribution in [0.4, 0.5) is 4.39 Å². The Bertz CT molecular complexity index is 461. The first-order valence-electron chi connectivity index (χ1n) is 3.96. The van der Waals surface area contributed by atoms with Crippen molar-refractivity contribution in [2.24, 2.45) is 0 Å². The molecular weight excluding hydrogens is 187 g/mol. The molecule has 0 saturated carbocycles. The van der Waals surface area contributed by atoms with Crippen molar-refractivity contribution in [3.8, 4) is 0 Å². The fourth-order valence-electron chi connectivity index (χ4n) is 1.24. The summed E-state index contributed by atoms with van der Waals surface area (Å²) in [6, 6.07) is 5.81. The third-order valence-electron chi connectivity index (χ3n) is 1.80. The normalized spacial score (nSPS) is 10.4. The zero-order valence-electron chi connectivity index (χ0n) is 7.12. The molecule has 1 aromatic carbocycles. The van der Waals surface area contributed by atoms with Crippen molar-refractivity contribution in [1.82, 2.24) is 0 Å². The highest BCUT2D eigenvalue weighted by molar-refractivity contribution is 5.77. The third-order valence-corrected chi connectivity index (χ3v) is 1.80. The SMILES string of the molecule is O=[C]OCc1cc2cc(F)ccc2o1. The summed E-state index contributed by atoms with van der Waals surface area (Å²) >= 11 is 0. The van der Waals surface area contributed by atoms with Crippen molar-refractivity contribution in [3.63, 3.8) is 0 Å². The number of fused-ring (bicyclic) bond motifs is 1. The lowest BCUT2D eigenvalue weighted by Gasteiger charge is -1.89. The molecule has 1 aromatic heterocycles. The summed E-state index contributed by atoms with van der Waals surface area (Å²) in [5.74, 6) is 0.140. The molecule has 0 amide bonds. The number of ether oxygens (including phenoxy) is 1. The van der Waals surface area contributed by atoms with Gasteiger partial charge in [0, 0.05) is 5.39 Å². The van der Waals surface area contributed by atoms with Crippen molar-refractivity contribution < 1.29 is 18.3 Å². The molecule has 1 heterocycles. The topological polar surface area (TPSA) is 39.4 Å². The van der Waals surface area contributed by atoms with Gasteiger partial charge in [-0.25, -0.2) is 9.18 Å². The van der Waals surface area contributed by atoms with Crippen molar-refractivity contribution in [2.75, 3.05) is 0 Å². The lowest BCUT2D eigenvalue weighted by Crippen LogP contribution is -1.85. The van der Waals surface area contributed by atoms with Crippen LogP contribution in [-0.4, -0.2) is 6.47 Å². The van der Waals surface area contributed by atoms with E-state index in [1.807, 2.05) is 0 Å². The van der Waals surface area contributed by atoms with Crippen LogP contribution in [0.15, 0.2) is 28.7 Å². The summed E-state index contributed by atoms with van der Waals surface area (Å²) in [5.41, 5.74) is 0.566. The van der Waals surface area contributed by atoms with E-state index in [0.29, 0.717) is 16.7 Å². The summed E-state index contributed by atoms with van der Waals surface area (Å²) < 4.78 is 22.4. The van der Waals surface area contributed by atoms with Gasteiger partial charge in [0.2, 0.25) is 0 Å². The van der Waals surface area contributed by atoms with E-state index in [1.165, 1.54) is 24.7 Å². The molecule has 3 nitrogen and oxygen atoms in total. The van der Waals surface area contributed by atoms with E-state index in [9.17, 15) is 9.18 Å². The number of hydrogen-bond donors (Lipinski definition) is 0. The average molecular weight is 193 g/mol. The molecule has 0 aliphatic carbocycles. The monoisotopic (exact) mass is 193 g/mol. The molecule has 0 aliphatic rings. The maximum absolute atomic E-state index is 12.8. The molecule has 0 unspecified atom stereocenters. The highest BCUT2D eigenvalue weighted by Gasteiger charge is 2.04. The fourth-order valence-corrected chi connectivity index (χ4v) is 1.24. The van der Waals surface area contributed by atoms with Crippen LogP contribution in [0.5, 0.6) is 0 Å². The highest BCUT2D eigenvalue weighted by atomic mass is 19.1. The predicted octanol–water partition coefficient (Wildman–Crippen LogP) is 2.16. The third kappa shape index (κ3) is 1.59. The standard InChI is InChI=1S/C10H6FO3/c11-8-1-2-10-7(3-8)4-9(14-10)5-13-6-12/h1-4H,5H2. The molecule has 2 rings (SSSR count). The zero-order chi connectivity index (χ0) is 9.97. The molecule has 0 aliphatic heterocycles. The highest BCUT2D eigenvalue weighted by Crippen LogP contribution is 2.20. The second-order valence-electron chi connectivity index (χ2n) is 2.77. The van der Waals surface area contributed by atoms with Crippen LogP contribution in [0, 0.1) is 5.82 Å². The van der Waals surface area contributed by atoms with Gasteiger partial charge in [-0.2, -0.15) is 0 Å². The second kappa shape index (κ2) is 3.49. The van der Waals surface area contributed by atoms with Gasteiger partial charge < -0.3 is 9.15 Å². The maximum atomic E-state index is 12.8. The number of carbonyl (C=O) groups excluding carboxylic acids is 1. The van der Waals surface area contributed by atoms with Gasteiger partial charge in [0.25, 0.3) is 0 Å². The minimum atomic E-state index is -0.326. The Balaban J connectivity index is 2.36. The lowest BCUT2D eigenvalue weighted by molar-refractivity contribution is 0.242. The number of halogens is 1. The van der Waals surface area contributed by atoms with Crippen LogP contribution in [-0.2, 0) is 16.1 Å². The first-order chi connectivity index (χ1) is 6.79. The van der Waals surface area contributed by atoms with Crippen molar-refractivity contribution in [2.45, 2.75) is 6.61 Å². The number of furan rings is 1. The molecule has 0 fully saturated rings. The molecule has 0 spiro atoms. The van der Waals surface area contributed by atoms with Crippen LogP contribution >= 0.6 is 0 Å². The zero-order valence-corrected chi connectivity index (χ0v) is 7.12. The Morgan fingerprint density at radius 3 is 3.07 bits per heavy atom. The van der Waals surface area contributed by atoms with Gasteiger partial charge in [0.1, 0.15) is 23.8 Å². The van der Waals surface area contributed by atoms with Crippen LogP contribution < -0.4 is 0 Å². The van der Waals surface area contributed by atoms with Crippen LogP contribution in [0.3, 0.4) is 0 Å². The summed E-state index contributed by atoms with van der Waals surface area (Å²) in [5, 5.41) is 0.648. The van der Waals surface area contributed by atoms with E-state index in [2.05, 4.69) is 4.74 Å². The first-order valence-corrected chi connectivity index (χ1v) is 3.96. The Labute approximate surface area is 79.1 Å². The van der Waals surface area contributed by atoms with E-state index in [0.717, 1.165) is 0 Å². The first kappa shape index (κ1) is 8.74. The molecule has 0 atom stereocenters. The van der Waals surface area contributed by atoms with E-state index in [4.69, 9.17) is 4.42 Å². The number of hydrogen-bond acceptors (Lipinski definition) is 3. The largest absolute Gasteiger partial charge is 0.457 e. The number of benzene rings is 1. The Morgan fingerprint density at radius 2 is 2.29 bits per heavy atom. The fraction of sp³-hybridized carbons (Fsp3) is 0.100. The summed E-state index contributed by atoms with van der Waals surface area (Å²) in [7, 11) is 0. The predicted molar refractivity (Wildman–Crippen MR) is 46.7 cm³/mol. The molecule has 14 heavy (non-hydrogen) atoms. The van der Waals surface area contributed by atoms with Crippen LogP contribution in [0.25, 0.3) is 11.0 Å². The Hall–Kier alpha value is -1.84. The average Bonchev–Trinajstić information content (AvgIpc) is 2.56. The van der Waals surface area contributed by atoms with Gasteiger partial charge in [-0.3, -0.25) is 0 Å². The molecule has 1 radical (unpaired) electrons. The van der Waals surface area contributed by atoms with Gasteiger partial charge in [0.05, 0.1) is 0 Å². The van der Waals surface area contributed by atoms with Crippen molar-refractivity contribution in [3.05, 3.63) is 35.8 Å². The summed E-state index contributed by atoms with van der Waals surface area (Å²) in [6.45, 7) is 1.30. The lowest BCUT2D eigenvalue weighted by atomic mass is 10.2. The van der Waals surface area contributed by atoms with Gasteiger partial charge in [-0.1, -0.05) is 0 Å². The van der Waals surface area contributed by atoms with Gasteiger partial charge >= 0.3 is 6.47 Å². The molecule has 0 bridgehead atoms. The maximum Gasteiger partial charge on any atom is 0.417 e. The van der Waals surface area contributed by atoms with Crippen molar-refractivity contribution >= 4 is 17.4 Å². The smallest absolute Gasteiger partial charge is 0.417 e. The minimum absolute atomic E-state index is 0.0137. The van der Waals surface area contributed by atoms with E-state index in [1.54, 1.807) is 6.07 Å². The Kier molecular flexibility index (Phi) is 2.18. The Morgan fingerprint density at radius 1 is 1.43 bits per heavy atom. The minimum Gasteiger partial charge on any atom is -0.457 e. The molecule has 2 aromatic rings. The van der Waals surface area contributed by atoms with Crippen LogP contribution in [0.1, 0.15) is 5.76 Å². The van der Waals surface area contributed by atoms with Crippen molar-refractivity contribution in [1.29, 1.82) is 0 Å². The quantitative estimate of drug-likeness (QED) is 0.749. The molecule has 4 heteroatoms. The van der Waals surface area contributed by atoms with Gasteiger partial charge in [0.15, 0.2) is 0 Å². The number of rotatable bonds is 3.